The normalized spacial score (nSPS) is 14.7. The first-order chi connectivity index (χ1) is 9.45. The van der Waals surface area contributed by atoms with Gasteiger partial charge >= 0.3 is 0 Å². The van der Waals surface area contributed by atoms with Crippen molar-refractivity contribution in [3.05, 3.63) is 29.3 Å². The van der Waals surface area contributed by atoms with Crippen molar-refractivity contribution in [1.82, 2.24) is 9.55 Å². The van der Waals surface area contributed by atoms with Gasteiger partial charge in [-0.25, -0.2) is 9.37 Å². The Morgan fingerprint density at radius 1 is 1.40 bits per heavy atom. The Bertz CT molecular complexity index is 609. The van der Waals surface area contributed by atoms with E-state index in [1.807, 2.05) is 24.8 Å². The molecule has 0 aliphatic rings. The van der Waals surface area contributed by atoms with E-state index in [0.29, 0.717) is 11.1 Å². The Labute approximate surface area is 128 Å². The Morgan fingerprint density at radius 2 is 2.10 bits per heavy atom. The minimum atomic E-state index is -0.216. The molecule has 2 unspecified atom stereocenters. The van der Waals surface area contributed by atoms with E-state index in [9.17, 15) is 4.39 Å². The average Bonchev–Trinajstić information content (AvgIpc) is 2.75. The van der Waals surface area contributed by atoms with Crippen molar-refractivity contribution < 1.29 is 4.39 Å². The first kappa shape index (κ1) is 15.6. The minimum absolute atomic E-state index is 0.195. The summed E-state index contributed by atoms with van der Waals surface area (Å²) in [7, 11) is 0. The van der Waals surface area contributed by atoms with Crippen LogP contribution in [0, 0.1) is 12.7 Å². The zero-order valence-electron chi connectivity index (χ0n) is 12.3. The predicted octanol–water partition coefficient (Wildman–Crippen LogP) is 5.10. The molecule has 0 aliphatic carbocycles. The van der Waals surface area contributed by atoms with Crippen LogP contribution in [-0.4, -0.2) is 21.1 Å². The van der Waals surface area contributed by atoms with Crippen LogP contribution in [0.4, 0.5) is 4.39 Å². The lowest BCUT2D eigenvalue weighted by Gasteiger charge is -2.18. The van der Waals surface area contributed by atoms with Crippen molar-refractivity contribution in [2.24, 2.45) is 0 Å². The SMILES string of the molecule is CCSCC(C)n1c(C(C)Cl)nc2cc(F)c(C)cc21. The number of aryl methyl sites for hydroxylation is 1. The van der Waals surface area contributed by atoms with E-state index in [4.69, 9.17) is 11.6 Å². The fraction of sp³-hybridized carbons (Fsp3) is 0.533. The molecule has 0 saturated heterocycles. The van der Waals surface area contributed by atoms with Crippen molar-refractivity contribution in [3.63, 3.8) is 0 Å². The van der Waals surface area contributed by atoms with Crippen LogP contribution in [0.5, 0.6) is 0 Å². The summed E-state index contributed by atoms with van der Waals surface area (Å²) in [6.45, 7) is 7.99. The molecule has 2 atom stereocenters. The molecule has 2 nitrogen and oxygen atoms in total. The summed E-state index contributed by atoms with van der Waals surface area (Å²) in [5.74, 6) is 2.67. The maximum absolute atomic E-state index is 13.7. The molecule has 0 radical (unpaired) electrons. The van der Waals surface area contributed by atoms with Gasteiger partial charge in [0.1, 0.15) is 11.6 Å². The van der Waals surface area contributed by atoms with Gasteiger partial charge in [-0.05, 0) is 38.2 Å². The molecule has 20 heavy (non-hydrogen) atoms. The Morgan fingerprint density at radius 3 is 2.70 bits per heavy atom. The van der Waals surface area contributed by atoms with Crippen LogP contribution in [0.2, 0.25) is 0 Å². The summed E-state index contributed by atoms with van der Waals surface area (Å²) < 4.78 is 15.9. The van der Waals surface area contributed by atoms with E-state index >= 15 is 0 Å². The number of thioether (sulfide) groups is 1. The first-order valence-corrected chi connectivity index (χ1v) is 8.44. The van der Waals surface area contributed by atoms with E-state index in [0.717, 1.165) is 22.8 Å². The largest absolute Gasteiger partial charge is 0.323 e. The molecule has 1 heterocycles. The molecule has 0 spiro atoms. The van der Waals surface area contributed by atoms with Gasteiger partial charge in [0.15, 0.2) is 0 Å². The lowest BCUT2D eigenvalue weighted by molar-refractivity contribution is 0.592. The zero-order chi connectivity index (χ0) is 14.9. The highest BCUT2D eigenvalue weighted by Gasteiger charge is 2.20. The number of halogens is 2. The van der Waals surface area contributed by atoms with Crippen LogP contribution in [-0.2, 0) is 0 Å². The maximum atomic E-state index is 13.7. The minimum Gasteiger partial charge on any atom is -0.323 e. The number of rotatable bonds is 5. The third kappa shape index (κ3) is 2.96. The molecule has 5 heteroatoms. The van der Waals surface area contributed by atoms with Crippen molar-refractivity contribution in [3.8, 4) is 0 Å². The summed E-state index contributed by atoms with van der Waals surface area (Å²) in [5.41, 5.74) is 2.29. The van der Waals surface area contributed by atoms with Crippen LogP contribution >= 0.6 is 23.4 Å². The Kier molecular flexibility index (Phi) is 4.97. The number of hydrogen-bond donors (Lipinski definition) is 0. The third-order valence-corrected chi connectivity index (χ3v) is 4.68. The number of aromatic nitrogens is 2. The topological polar surface area (TPSA) is 17.8 Å². The molecule has 0 amide bonds. The highest BCUT2D eigenvalue weighted by Crippen LogP contribution is 2.30. The molecule has 1 aromatic carbocycles. The van der Waals surface area contributed by atoms with Crippen LogP contribution < -0.4 is 0 Å². The van der Waals surface area contributed by atoms with Crippen LogP contribution in [0.15, 0.2) is 12.1 Å². The van der Waals surface area contributed by atoms with Crippen LogP contribution in [0.1, 0.15) is 43.6 Å². The van der Waals surface area contributed by atoms with Gasteiger partial charge in [-0.1, -0.05) is 6.92 Å². The fourth-order valence-corrected chi connectivity index (χ4v) is 3.23. The molecule has 0 fully saturated rings. The predicted molar refractivity (Wildman–Crippen MR) is 86.4 cm³/mol. The van der Waals surface area contributed by atoms with E-state index in [1.165, 1.54) is 6.07 Å². The molecule has 0 N–H and O–H groups in total. The van der Waals surface area contributed by atoms with E-state index < -0.39 is 0 Å². The number of imidazole rings is 1. The van der Waals surface area contributed by atoms with Crippen molar-refractivity contribution >= 4 is 34.4 Å². The third-order valence-electron chi connectivity index (χ3n) is 3.36. The highest BCUT2D eigenvalue weighted by atomic mass is 35.5. The molecule has 0 saturated carbocycles. The van der Waals surface area contributed by atoms with Gasteiger partial charge in [0.2, 0.25) is 0 Å². The van der Waals surface area contributed by atoms with E-state index in [1.54, 1.807) is 6.92 Å². The molecular weight excluding hydrogens is 295 g/mol. The molecule has 0 bridgehead atoms. The zero-order valence-corrected chi connectivity index (χ0v) is 13.9. The van der Waals surface area contributed by atoms with Gasteiger partial charge in [0.25, 0.3) is 0 Å². The molecule has 2 rings (SSSR count). The van der Waals surface area contributed by atoms with Crippen LogP contribution in [0.3, 0.4) is 0 Å². The second-order valence-electron chi connectivity index (χ2n) is 5.05. The quantitative estimate of drug-likeness (QED) is 0.715. The van der Waals surface area contributed by atoms with Gasteiger partial charge in [0.05, 0.1) is 16.4 Å². The standard InChI is InChI=1S/C15H20ClFN2S/c1-5-20-8-10(3)19-14-6-9(2)12(17)7-13(14)18-15(19)11(4)16/h6-7,10-11H,5,8H2,1-4H3. The highest BCUT2D eigenvalue weighted by molar-refractivity contribution is 7.99. The van der Waals surface area contributed by atoms with Gasteiger partial charge in [-0.2, -0.15) is 11.8 Å². The number of benzene rings is 1. The number of hydrogen-bond acceptors (Lipinski definition) is 2. The summed E-state index contributed by atoms with van der Waals surface area (Å²) >= 11 is 8.14. The lowest BCUT2D eigenvalue weighted by atomic mass is 10.2. The fourth-order valence-electron chi connectivity index (χ4n) is 2.35. The monoisotopic (exact) mass is 314 g/mol. The van der Waals surface area contributed by atoms with E-state index in [2.05, 4.69) is 23.4 Å². The van der Waals surface area contributed by atoms with Crippen molar-refractivity contribution in [2.75, 3.05) is 11.5 Å². The number of fused-ring (bicyclic) bond motifs is 1. The summed E-state index contributed by atoms with van der Waals surface area (Å²) in [4.78, 5) is 4.53. The Hall–Kier alpha value is -0.740. The summed E-state index contributed by atoms with van der Waals surface area (Å²) in [5, 5.41) is -0.195. The molecule has 110 valence electrons. The summed E-state index contributed by atoms with van der Waals surface area (Å²) in [6, 6.07) is 3.66. The van der Waals surface area contributed by atoms with Gasteiger partial charge in [0, 0.05) is 17.9 Å². The Balaban J connectivity index is 2.58. The first-order valence-electron chi connectivity index (χ1n) is 6.85. The summed E-state index contributed by atoms with van der Waals surface area (Å²) in [6.07, 6.45) is 0. The number of alkyl halides is 1. The lowest BCUT2D eigenvalue weighted by Crippen LogP contribution is -2.12. The molecule has 2 aromatic rings. The van der Waals surface area contributed by atoms with Crippen molar-refractivity contribution in [2.45, 2.75) is 39.1 Å². The van der Waals surface area contributed by atoms with Gasteiger partial charge in [-0.3, -0.25) is 0 Å². The number of nitrogens with zero attached hydrogens (tertiary/aromatic N) is 2. The van der Waals surface area contributed by atoms with Gasteiger partial charge in [-0.15, -0.1) is 11.6 Å². The maximum Gasteiger partial charge on any atom is 0.128 e. The van der Waals surface area contributed by atoms with Gasteiger partial charge < -0.3 is 4.57 Å². The molecular formula is C15H20ClFN2S. The second kappa shape index (κ2) is 6.35. The molecule has 0 aliphatic heterocycles. The smallest absolute Gasteiger partial charge is 0.128 e. The molecule has 1 aromatic heterocycles. The van der Waals surface area contributed by atoms with Crippen LogP contribution in [0.25, 0.3) is 11.0 Å². The van der Waals surface area contributed by atoms with E-state index in [-0.39, 0.29) is 17.2 Å². The average molecular weight is 315 g/mol. The van der Waals surface area contributed by atoms with Crippen molar-refractivity contribution in [1.29, 1.82) is 0 Å². The second-order valence-corrected chi connectivity index (χ2v) is 7.03.